The molecular weight excluding hydrogens is 295 g/mol. The van der Waals surface area contributed by atoms with E-state index in [4.69, 9.17) is 5.73 Å². The van der Waals surface area contributed by atoms with Gasteiger partial charge in [0, 0.05) is 12.7 Å². The number of rotatable bonds is 5. The first kappa shape index (κ1) is 15.3. The molecule has 6 nitrogen and oxygen atoms in total. The molecule has 0 radical (unpaired) electrons. The molecule has 0 saturated heterocycles. The zero-order chi connectivity index (χ0) is 15.6. The van der Waals surface area contributed by atoms with Gasteiger partial charge in [-0.3, -0.25) is 9.40 Å². The summed E-state index contributed by atoms with van der Waals surface area (Å²) in [4.78, 5) is -0.0836. The molecular formula is C13H17FN4O2S. The van der Waals surface area contributed by atoms with Crippen LogP contribution in [0.25, 0.3) is 0 Å². The third-order valence-corrected chi connectivity index (χ3v) is 4.31. The molecule has 8 heteroatoms. The maximum Gasteiger partial charge on any atom is 0.267 e. The van der Waals surface area contributed by atoms with Gasteiger partial charge in [0.15, 0.2) is 5.82 Å². The summed E-state index contributed by atoms with van der Waals surface area (Å²) in [7, 11) is -3.86. The predicted octanol–water partition coefficient (Wildman–Crippen LogP) is 2.12. The number of hydrogen-bond acceptors (Lipinski definition) is 4. The lowest BCUT2D eigenvalue weighted by Crippen LogP contribution is -2.14. The summed E-state index contributed by atoms with van der Waals surface area (Å²) in [5.41, 5.74) is 6.45. The van der Waals surface area contributed by atoms with E-state index in [0.717, 1.165) is 6.42 Å². The van der Waals surface area contributed by atoms with Crippen LogP contribution in [-0.4, -0.2) is 18.2 Å². The lowest BCUT2D eigenvalue weighted by atomic mass is 10.2. The number of aryl methyl sites for hydroxylation is 2. The highest BCUT2D eigenvalue weighted by Crippen LogP contribution is 2.23. The van der Waals surface area contributed by atoms with Crippen molar-refractivity contribution >= 4 is 21.5 Å². The van der Waals surface area contributed by atoms with E-state index in [0.29, 0.717) is 17.8 Å². The summed E-state index contributed by atoms with van der Waals surface area (Å²) in [6, 6.07) is 3.81. The van der Waals surface area contributed by atoms with E-state index < -0.39 is 15.8 Å². The van der Waals surface area contributed by atoms with Gasteiger partial charge in [-0.1, -0.05) is 6.92 Å². The number of aromatic nitrogens is 2. The fourth-order valence-corrected chi connectivity index (χ4v) is 3.12. The van der Waals surface area contributed by atoms with E-state index in [1.54, 1.807) is 6.92 Å². The van der Waals surface area contributed by atoms with E-state index in [1.165, 1.54) is 29.1 Å². The highest BCUT2D eigenvalue weighted by molar-refractivity contribution is 7.92. The van der Waals surface area contributed by atoms with E-state index in [2.05, 4.69) is 9.82 Å². The minimum Gasteiger partial charge on any atom is -0.381 e. The third kappa shape index (κ3) is 3.33. The number of hydrogen-bond donors (Lipinski definition) is 2. The molecule has 0 spiro atoms. The normalized spacial score (nSPS) is 11.6. The maximum absolute atomic E-state index is 13.0. The molecule has 2 aromatic rings. The maximum atomic E-state index is 13.0. The van der Waals surface area contributed by atoms with Crippen molar-refractivity contribution in [2.45, 2.75) is 31.7 Å². The molecule has 3 N–H and O–H groups in total. The van der Waals surface area contributed by atoms with Gasteiger partial charge in [0.05, 0.1) is 5.69 Å². The monoisotopic (exact) mass is 312 g/mol. The van der Waals surface area contributed by atoms with Crippen molar-refractivity contribution in [1.82, 2.24) is 9.78 Å². The summed E-state index contributed by atoms with van der Waals surface area (Å²) in [6.07, 6.45) is 2.20. The smallest absolute Gasteiger partial charge is 0.267 e. The standard InChI is InChI=1S/C13H17FN4O2S/c1-3-6-18-8-12(13(15)16-18)21(19,20)17-11-5-4-10(14)7-9(11)2/h4-5,7-8,17H,3,6H2,1-2H3,(H2,15,16). The topological polar surface area (TPSA) is 90.0 Å². The van der Waals surface area contributed by atoms with Gasteiger partial charge in [-0.25, -0.2) is 12.8 Å². The summed E-state index contributed by atoms with van der Waals surface area (Å²) in [5.74, 6) is -0.485. The van der Waals surface area contributed by atoms with Crippen molar-refractivity contribution in [2.24, 2.45) is 0 Å². The second kappa shape index (κ2) is 5.72. The molecule has 1 aromatic carbocycles. The van der Waals surface area contributed by atoms with E-state index in [9.17, 15) is 12.8 Å². The molecule has 1 aromatic heterocycles. The molecule has 0 unspecified atom stereocenters. The molecule has 0 amide bonds. The largest absolute Gasteiger partial charge is 0.381 e. The minimum absolute atomic E-state index is 0.0595. The van der Waals surface area contributed by atoms with Gasteiger partial charge in [-0.15, -0.1) is 0 Å². The van der Waals surface area contributed by atoms with Crippen molar-refractivity contribution in [1.29, 1.82) is 0 Å². The quantitative estimate of drug-likeness (QED) is 0.885. The van der Waals surface area contributed by atoms with Crippen LogP contribution in [0.15, 0.2) is 29.3 Å². The first-order valence-electron chi connectivity index (χ1n) is 6.45. The van der Waals surface area contributed by atoms with Crippen molar-refractivity contribution in [3.63, 3.8) is 0 Å². The molecule has 2 rings (SSSR count). The zero-order valence-electron chi connectivity index (χ0n) is 11.8. The number of sulfonamides is 1. The molecule has 0 fully saturated rings. The molecule has 0 bridgehead atoms. The van der Waals surface area contributed by atoms with E-state index in [-0.39, 0.29) is 10.7 Å². The zero-order valence-corrected chi connectivity index (χ0v) is 12.6. The Morgan fingerprint density at radius 3 is 2.76 bits per heavy atom. The lowest BCUT2D eigenvalue weighted by molar-refractivity contribution is 0.595. The van der Waals surface area contributed by atoms with Gasteiger partial charge >= 0.3 is 0 Å². The Labute approximate surface area is 122 Å². The number of benzene rings is 1. The molecule has 21 heavy (non-hydrogen) atoms. The van der Waals surface area contributed by atoms with Crippen LogP contribution in [-0.2, 0) is 16.6 Å². The molecule has 0 atom stereocenters. The number of nitrogens with zero attached hydrogens (tertiary/aromatic N) is 2. The first-order chi connectivity index (χ1) is 9.83. The predicted molar refractivity (Wildman–Crippen MR) is 78.9 cm³/mol. The second-order valence-corrected chi connectivity index (χ2v) is 6.36. The fraction of sp³-hybridized carbons (Fsp3) is 0.308. The van der Waals surface area contributed by atoms with Crippen LogP contribution in [0.3, 0.4) is 0 Å². The summed E-state index contributed by atoms with van der Waals surface area (Å²) < 4.78 is 41.6. The van der Waals surface area contributed by atoms with Crippen LogP contribution < -0.4 is 10.5 Å². The SMILES string of the molecule is CCCn1cc(S(=O)(=O)Nc2ccc(F)cc2C)c(N)n1. The third-order valence-electron chi connectivity index (χ3n) is 2.93. The number of halogens is 1. The van der Waals surface area contributed by atoms with Crippen LogP contribution in [0.2, 0.25) is 0 Å². The van der Waals surface area contributed by atoms with Gasteiger partial charge in [-0.05, 0) is 37.1 Å². The number of nitrogens with one attached hydrogen (secondary N) is 1. The number of nitrogen functional groups attached to an aromatic ring is 1. The van der Waals surface area contributed by atoms with Crippen molar-refractivity contribution in [2.75, 3.05) is 10.5 Å². The van der Waals surface area contributed by atoms with E-state index in [1.807, 2.05) is 6.92 Å². The average molecular weight is 312 g/mol. The average Bonchev–Trinajstić information content (AvgIpc) is 2.75. The summed E-state index contributed by atoms with van der Waals surface area (Å²) >= 11 is 0. The molecule has 1 heterocycles. The van der Waals surface area contributed by atoms with Gasteiger partial charge < -0.3 is 5.73 Å². The Bertz CT molecular complexity index is 756. The second-order valence-electron chi connectivity index (χ2n) is 4.71. The number of nitrogens with two attached hydrogens (primary N) is 1. The highest BCUT2D eigenvalue weighted by Gasteiger charge is 2.22. The Kier molecular flexibility index (Phi) is 4.17. The van der Waals surface area contributed by atoms with Crippen molar-refractivity contribution in [3.8, 4) is 0 Å². The lowest BCUT2D eigenvalue weighted by Gasteiger charge is -2.09. The van der Waals surface area contributed by atoms with Gasteiger partial charge in [-0.2, -0.15) is 5.10 Å². The van der Waals surface area contributed by atoms with Gasteiger partial charge in [0.25, 0.3) is 10.0 Å². The van der Waals surface area contributed by atoms with E-state index >= 15 is 0 Å². The van der Waals surface area contributed by atoms with Crippen LogP contribution in [0, 0.1) is 12.7 Å². The molecule has 0 aliphatic heterocycles. The Hall–Kier alpha value is -2.09. The van der Waals surface area contributed by atoms with Crippen LogP contribution in [0.4, 0.5) is 15.9 Å². The summed E-state index contributed by atoms with van der Waals surface area (Å²) in [6.45, 7) is 4.15. The van der Waals surface area contributed by atoms with Crippen LogP contribution in [0.5, 0.6) is 0 Å². The number of anilines is 2. The molecule has 114 valence electrons. The van der Waals surface area contributed by atoms with Crippen LogP contribution >= 0.6 is 0 Å². The van der Waals surface area contributed by atoms with Crippen LogP contribution in [0.1, 0.15) is 18.9 Å². The molecule has 0 aliphatic carbocycles. The Morgan fingerprint density at radius 1 is 1.43 bits per heavy atom. The fourth-order valence-electron chi connectivity index (χ4n) is 1.91. The minimum atomic E-state index is -3.86. The van der Waals surface area contributed by atoms with Crippen molar-refractivity contribution < 1.29 is 12.8 Å². The highest BCUT2D eigenvalue weighted by atomic mass is 32.2. The Balaban J connectivity index is 2.34. The summed E-state index contributed by atoms with van der Waals surface area (Å²) in [5, 5.41) is 3.96. The Morgan fingerprint density at radius 2 is 2.14 bits per heavy atom. The van der Waals surface area contributed by atoms with Crippen molar-refractivity contribution in [3.05, 3.63) is 35.8 Å². The first-order valence-corrected chi connectivity index (χ1v) is 7.93. The molecule has 0 aliphatic rings. The van der Waals surface area contributed by atoms with Gasteiger partial charge in [0.1, 0.15) is 10.7 Å². The van der Waals surface area contributed by atoms with Gasteiger partial charge in [0.2, 0.25) is 0 Å². The molecule has 0 saturated carbocycles.